The summed E-state index contributed by atoms with van der Waals surface area (Å²) in [6.45, 7) is 4.34. The summed E-state index contributed by atoms with van der Waals surface area (Å²) in [6.07, 6.45) is 3.76. The number of aryl methyl sites for hydroxylation is 1. The SMILES string of the molecule is CCn1cc(C(=O)NC(C)C(=O)NCCc2c[nH]c3ccc(F)cc23)c(=O)c2cc3c(cc21)OCO3. The van der Waals surface area contributed by atoms with Gasteiger partial charge in [0.2, 0.25) is 18.1 Å². The number of nitrogens with zero attached hydrogens (tertiary/aromatic N) is 1. The van der Waals surface area contributed by atoms with Gasteiger partial charge < -0.3 is 29.7 Å². The Labute approximate surface area is 205 Å². The third-order valence-corrected chi connectivity index (χ3v) is 6.32. The molecule has 1 aliphatic rings. The lowest BCUT2D eigenvalue weighted by molar-refractivity contribution is -0.122. The molecular weight excluding hydrogens is 467 g/mol. The molecule has 2 aromatic carbocycles. The smallest absolute Gasteiger partial charge is 0.257 e. The van der Waals surface area contributed by atoms with Crippen LogP contribution in [-0.2, 0) is 17.8 Å². The molecule has 2 amide bonds. The Hall–Kier alpha value is -4.34. The monoisotopic (exact) mass is 492 g/mol. The Balaban J connectivity index is 1.27. The molecule has 4 aromatic rings. The second-order valence-electron chi connectivity index (χ2n) is 8.62. The lowest BCUT2D eigenvalue weighted by Gasteiger charge is -2.16. The highest BCUT2D eigenvalue weighted by molar-refractivity contribution is 6.00. The van der Waals surface area contributed by atoms with Gasteiger partial charge in [0.25, 0.3) is 5.91 Å². The third kappa shape index (κ3) is 4.26. The number of ether oxygens (including phenoxy) is 2. The van der Waals surface area contributed by atoms with E-state index in [1.54, 1.807) is 35.9 Å². The molecule has 1 unspecified atom stereocenters. The van der Waals surface area contributed by atoms with Crippen LogP contribution in [0.15, 0.2) is 47.5 Å². The number of hydrogen-bond donors (Lipinski definition) is 3. The number of aromatic nitrogens is 2. The number of amides is 2. The molecule has 3 heterocycles. The lowest BCUT2D eigenvalue weighted by atomic mass is 10.1. The van der Waals surface area contributed by atoms with Gasteiger partial charge in [-0.3, -0.25) is 14.4 Å². The minimum absolute atomic E-state index is 0.0660. The molecule has 5 rings (SSSR count). The number of fused-ring (bicyclic) bond motifs is 3. The van der Waals surface area contributed by atoms with Crippen molar-refractivity contribution in [2.75, 3.05) is 13.3 Å². The topological polar surface area (TPSA) is 114 Å². The van der Waals surface area contributed by atoms with Gasteiger partial charge in [-0.2, -0.15) is 0 Å². The molecule has 0 radical (unpaired) electrons. The third-order valence-electron chi connectivity index (χ3n) is 6.32. The van der Waals surface area contributed by atoms with Crippen molar-refractivity contribution in [2.24, 2.45) is 0 Å². The van der Waals surface area contributed by atoms with Crippen molar-refractivity contribution in [2.45, 2.75) is 32.9 Å². The molecule has 0 aliphatic carbocycles. The first-order valence-corrected chi connectivity index (χ1v) is 11.7. The second kappa shape index (κ2) is 9.37. The highest BCUT2D eigenvalue weighted by atomic mass is 19.1. The van der Waals surface area contributed by atoms with Crippen molar-refractivity contribution in [3.05, 3.63) is 69.9 Å². The second-order valence-corrected chi connectivity index (χ2v) is 8.62. The van der Waals surface area contributed by atoms with Gasteiger partial charge in [-0.1, -0.05) is 0 Å². The maximum absolute atomic E-state index is 13.6. The molecule has 0 saturated carbocycles. The minimum Gasteiger partial charge on any atom is -0.454 e. The Morgan fingerprint density at radius 3 is 2.72 bits per heavy atom. The van der Waals surface area contributed by atoms with Gasteiger partial charge >= 0.3 is 0 Å². The van der Waals surface area contributed by atoms with E-state index in [9.17, 15) is 18.8 Å². The largest absolute Gasteiger partial charge is 0.454 e. The summed E-state index contributed by atoms with van der Waals surface area (Å²) in [7, 11) is 0. The van der Waals surface area contributed by atoms with Gasteiger partial charge in [-0.05, 0) is 50.1 Å². The Morgan fingerprint density at radius 1 is 1.17 bits per heavy atom. The zero-order valence-electron chi connectivity index (χ0n) is 19.8. The molecule has 0 spiro atoms. The number of nitrogens with one attached hydrogen (secondary N) is 3. The van der Waals surface area contributed by atoms with E-state index in [2.05, 4.69) is 15.6 Å². The number of halogens is 1. The summed E-state index contributed by atoms with van der Waals surface area (Å²) in [5.41, 5.74) is 1.80. The predicted molar refractivity (Wildman–Crippen MR) is 132 cm³/mol. The van der Waals surface area contributed by atoms with E-state index in [4.69, 9.17) is 9.47 Å². The van der Waals surface area contributed by atoms with Gasteiger partial charge in [-0.25, -0.2) is 4.39 Å². The summed E-state index contributed by atoms with van der Waals surface area (Å²) >= 11 is 0. The highest BCUT2D eigenvalue weighted by Crippen LogP contribution is 2.35. The van der Waals surface area contributed by atoms with Crippen LogP contribution in [0.2, 0.25) is 0 Å². The van der Waals surface area contributed by atoms with Crippen LogP contribution in [0, 0.1) is 5.82 Å². The molecule has 186 valence electrons. The van der Waals surface area contributed by atoms with Crippen LogP contribution >= 0.6 is 0 Å². The molecule has 0 saturated heterocycles. The van der Waals surface area contributed by atoms with E-state index >= 15 is 0 Å². The molecule has 2 aromatic heterocycles. The van der Waals surface area contributed by atoms with Gasteiger partial charge in [0.15, 0.2) is 11.5 Å². The van der Waals surface area contributed by atoms with Crippen LogP contribution in [0.1, 0.15) is 29.8 Å². The fourth-order valence-electron chi connectivity index (χ4n) is 4.37. The minimum atomic E-state index is -0.875. The summed E-state index contributed by atoms with van der Waals surface area (Å²) < 4.78 is 26.1. The molecule has 0 fully saturated rings. The van der Waals surface area contributed by atoms with E-state index < -0.39 is 23.3 Å². The molecule has 1 atom stereocenters. The summed E-state index contributed by atoms with van der Waals surface area (Å²) in [6, 6.07) is 6.93. The summed E-state index contributed by atoms with van der Waals surface area (Å²) in [4.78, 5) is 41.8. The quantitative estimate of drug-likeness (QED) is 0.367. The summed E-state index contributed by atoms with van der Waals surface area (Å²) in [5, 5.41) is 6.48. The van der Waals surface area contributed by atoms with E-state index in [-0.39, 0.29) is 18.2 Å². The maximum atomic E-state index is 13.6. The fourth-order valence-corrected chi connectivity index (χ4v) is 4.37. The Bertz CT molecular complexity index is 1560. The van der Waals surface area contributed by atoms with Crippen LogP contribution in [-0.4, -0.2) is 40.7 Å². The average molecular weight is 493 g/mol. The zero-order valence-corrected chi connectivity index (χ0v) is 19.8. The number of benzene rings is 2. The van der Waals surface area contributed by atoms with Crippen LogP contribution in [0.3, 0.4) is 0 Å². The van der Waals surface area contributed by atoms with Gasteiger partial charge in [0.1, 0.15) is 17.4 Å². The van der Waals surface area contributed by atoms with E-state index in [1.807, 2.05) is 6.92 Å². The van der Waals surface area contributed by atoms with Crippen molar-refractivity contribution in [3.63, 3.8) is 0 Å². The molecule has 3 N–H and O–H groups in total. The zero-order chi connectivity index (χ0) is 25.4. The number of carbonyl (C=O) groups is 2. The van der Waals surface area contributed by atoms with Crippen molar-refractivity contribution < 1.29 is 23.5 Å². The normalized spacial score (nSPS) is 13.2. The van der Waals surface area contributed by atoms with Crippen LogP contribution < -0.4 is 25.5 Å². The number of carbonyl (C=O) groups excluding carboxylic acids is 2. The first-order valence-electron chi connectivity index (χ1n) is 11.7. The van der Waals surface area contributed by atoms with E-state index in [0.29, 0.717) is 41.9 Å². The Kier molecular flexibility index (Phi) is 6.09. The van der Waals surface area contributed by atoms with Crippen molar-refractivity contribution >= 4 is 33.6 Å². The molecular formula is C26H25FN4O5. The summed E-state index contributed by atoms with van der Waals surface area (Å²) in [5.74, 6) is -0.370. The molecule has 36 heavy (non-hydrogen) atoms. The van der Waals surface area contributed by atoms with Gasteiger partial charge in [0, 0.05) is 42.5 Å². The molecule has 1 aliphatic heterocycles. The first kappa shape index (κ1) is 23.4. The van der Waals surface area contributed by atoms with E-state index in [1.165, 1.54) is 18.3 Å². The first-order chi connectivity index (χ1) is 17.4. The molecule has 9 nitrogen and oxygen atoms in total. The number of aromatic amines is 1. The fraction of sp³-hybridized carbons (Fsp3) is 0.269. The lowest BCUT2D eigenvalue weighted by Crippen LogP contribution is -2.46. The number of H-pyrrole nitrogens is 1. The highest BCUT2D eigenvalue weighted by Gasteiger charge is 2.23. The number of rotatable bonds is 7. The van der Waals surface area contributed by atoms with Gasteiger partial charge in [-0.15, -0.1) is 0 Å². The molecule has 10 heteroatoms. The maximum Gasteiger partial charge on any atom is 0.257 e. The standard InChI is InChI=1S/C26H25FN4O5/c1-3-31-12-19(24(32)18-9-22-23(10-21(18)31)36-13-35-22)26(34)30-14(2)25(33)28-7-6-15-11-29-20-5-4-16(27)8-17(15)20/h4-5,8-12,14,29H,3,6-7,13H2,1-2H3,(H,28,33)(H,30,34). The predicted octanol–water partition coefficient (Wildman–Crippen LogP) is 2.85. The van der Waals surface area contributed by atoms with Crippen molar-refractivity contribution in [1.29, 1.82) is 0 Å². The Morgan fingerprint density at radius 2 is 1.94 bits per heavy atom. The van der Waals surface area contributed by atoms with Crippen LogP contribution in [0.25, 0.3) is 21.8 Å². The van der Waals surface area contributed by atoms with E-state index in [0.717, 1.165) is 16.5 Å². The molecule has 0 bridgehead atoms. The van der Waals surface area contributed by atoms with Gasteiger partial charge in [0.05, 0.1) is 10.9 Å². The number of pyridine rings is 1. The number of hydrogen-bond acceptors (Lipinski definition) is 5. The van der Waals surface area contributed by atoms with Crippen LogP contribution in [0.4, 0.5) is 4.39 Å². The average Bonchev–Trinajstić information content (AvgIpc) is 3.49. The van der Waals surface area contributed by atoms with Crippen molar-refractivity contribution in [3.8, 4) is 11.5 Å². The van der Waals surface area contributed by atoms with Crippen molar-refractivity contribution in [1.82, 2.24) is 20.2 Å². The van der Waals surface area contributed by atoms with Crippen LogP contribution in [0.5, 0.6) is 11.5 Å².